The molecular weight excluding hydrogens is 489 g/mol. The van der Waals surface area contributed by atoms with Crippen LogP contribution in [-0.2, 0) is 28.4 Å². The van der Waals surface area contributed by atoms with E-state index in [4.69, 9.17) is 0 Å². The maximum Gasteiger partial charge on any atom is 0.182 e. The molecule has 2 aromatic carbocycles. The van der Waals surface area contributed by atoms with Crippen LogP contribution in [0.2, 0.25) is 0 Å². The van der Waals surface area contributed by atoms with Crippen LogP contribution in [0.15, 0.2) is 64.9 Å². The Labute approximate surface area is 205 Å². The molecule has 4 aromatic rings. The van der Waals surface area contributed by atoms with Gasteiger partial charge in [0.2, 0.25) is 0 Å². The number of fused-ring (bicyclic) bond motifs is 1. The number of aromatic nitrogens is 3. The first-order chi connectivity index (χ1) is 17.2. The van der Waals surface area contributed by atoms with Gasteiger partial charge in [-0.2, -0.15) is 0 Å². The van der Waals surface area contributed by atoms with Crippen LogP contribution in [0.1, 0.15) is 28.1 Å². The molecule has 6 nitrogen and oxygen atoms in total. The minimum atomic E-state index is -4.02. The Hall–Kier alpha value is -3.92. The fourth-order valence-corrected chi connectivity index (χ4v) is 5.86. The maximum absolute atomic E-state index is 15.5. The van der Waals surface area contributed by atoms with E-state index in [1.165, 1.54) is 19.4 Å². The summed E-state index contributed by atoms with van der Waals surface area (Å²) in [4.78, 5) is 17.1. The number of nitrogens with zero attached hydrogens (tertiary/aromatic N) is 4. The lowest BCUT2D eigenvalue weighted by Crippen LogP contribution is -2.11. The predicted octanol–water partition coefficient (Wildman–Crippen LogP) is 5.09. The zero-order chi connectivity index (χ0) is 25.4. The third-order valence-electron chi connectivity index (χ3n) is 5.98. The summed E-state index contributed by atoms with van der Waals surface area (Å²) in [6.07, 6.45) is 4.95. The summed E-state index contributed by atoms with van der Waals surface area (Å²) < 4.78 is 69.7. The minimum absolute atomic E-state index is 0.112. The fraction of sp³-hybridized carbons (Fsp3) is 0.154. The molecular formula is C26H19F3N4O2S. The van der Waals surface area contributed by atoms with Crippen molar-refractivity contribution in [3.05, 3.63) is 101 Å². The number of halogens is 3. The highest BCUT2D eigenvalue weighted by molar-refractivity contribution is 7.90. The normalized spacial score (nSPS) is 12.7. The van der Waals surface area contributed by atoms with Gasteiger partial charge in [-0.3, -0.25) is 9.98 Å². The first-order valence-corrected chi connectivity index (χ1v) is 12.6. The second-order valence-corrected chi connectivity index (χ2v) is 10.3. The summed E-state index contributed by atoms with van der Waals surface area (Å²) >= 11 is 0. The highest BCUT2D eigenvalue weighted by Gasteiger charge is 2.24. The van der Waals surface area contributed by atoms with Gasteiger partial charge < -0.3 is 0 Å². The van der Waals surface area contributed by atoms with E-state index >= 15 is 4.39 Å². The van der Waals surface area contributed by atoms with E-state index in [0.29, 0.717) is 29.1 Å². The van der Waals surface area contributed by atoms with Gasteiger partial charge in [0.15, 0.2) is 9.84 Å². The minimum Gasteiger partial charge on any atom is -0.260 e. The summed E-state index contributed by atoms with van der Waals surface area (Å²) in [7, 11) is -4.02. The van der Waals surface area contributed by atoms with Crippen LogP contribution in [0.4, 0.5) is 18.9 Å². The van der Waals surface area contributed by atoms with Gasteiger partial charge in [-0.15, -0.1) is 0 Å². The molecule has 0 amide bonds. The number of hydrogen-bond donors (Lipinski definition) is 0. The number of benzene rings is 2. The van der Waals surface area contributed by atoms with Crippen molar-refractivity contribution in [2.45, 2.75) is 30.4 Å². The summed E-state index contributed by atoms with van der Waals surface area (Å²) in [5.41, 5.74) is 2.44. The molecule has 0 saturated carbocycles. The van der Waals surface area contributed by atoms with Crippen LogP contribution in [0, 0.1) is 24.4 Å². The molecule has 0 N–H and O–H groups in total. The fourth-order valence-electron chi connectivity index (χ4n) is 4.25. The predicted molar refractivity (Wildman–Crippen MR) is 128 cm³/mol. The van der Waals surface area contributed by atoms with Gasteiger partial charge in [0.25, 0.3) is 0 Å². The Morgan fingerprint density at radius 1 is 1.00 bits per heavy atom. The molecule has 0 aliphatic carbocycles. The number of rotatable bonds is 6. The molecule has 0 spiro atoms. The monoisotopic (exact) mass is 508 g/mol. The largest absolute Gasteiger partial charge is 0.260 e. The average molecular weight is 509 g/mol. The Morgan fingerprint density at radius 2 is 1.83 bits per heavy atom. The Kier molecular flexibility index (Phi) is 6.13. The molecule has 0 bridgehead atoms. The van der Waals surface area contributed by atoms with Crippen molar-refractivity contribution < 1.29 is 21.6 Å². The molecule has 1 aliphatic rings. The van der Waals surface area contributed by atoms with E-state index in [1.807, 2.05) is 0 Å². The van der Waals surface area contributed by atoms with Crippen molar-refractivity contribution in [2.24, 2.45) is 4.99 Å². The average Bonchev–Trinajstić information content (AvgIpc) is 3.33. The molecule has 0 radical (unpaired) electrons. The summed E-state index contributed by atoms with van der Waals surface area (Å²) in [5, 5.41) is 0. The van der Waals surface area contributed by atoms with Crippen molar-refractivity contribution in [3.8, 4) is 11.3 Å². The molecule has 182 valence electrons. The molecule has 36 heavy (non-hydrogen) atoms. The quantitative estimate of drug-likeness (QED) is 0.339. The zero-order valence-corrected chi connectivity index (χ0v) is 19.9. The van der Waals surface area contributed by atoms with Crippen LogP contribution in [0.5, 0.6) is 0 Å². The smallest absolute Gasteiger partial charge is 0.182 e. The third kappa shape index (κ3) is 4.39. The highest BCUT2D eigenvalue weighted by Crippen LogP contribution is 2.35. The van der Waals surface area contributed by atoms with Crippen LogP contribution >= 0.6 is 0 Å². The van der Waals surface area contributed by atoms with Crippen molar-refractivity contribution in [1.29, 1.82) is 0 Å². The van der Waals surface area contributed by atoms with Crippen molar-refractivity contribution in [1.82, 2.24) is 15.0 Å². The Morgan fingerprint density at radius 3 is 2.64 bits per heavy atom. The van der Waals surface area contributed by atoms with Gasteiger partial charge in [-0.25, -0.2) is 31.6 Å². The second kappa shape index (κ2) is 9.27. The lowest BCUT2D eigenvalue weighted by Gasteiger charge is -2.14. The van der Waals surface area contributed by atoms with E-state index < -0.39 is 33.0 Å². The molecule has 0 saturated heterocycles. The van der Waals surface area contributed by atoms with E-state index in [9.17, 15) is 17.2 Å². The first-order valence-electron chi connectivity index (χ1n) is 11.0. The number of aliphatic imine (C=N–C) groups is 1. The van der Waals surface area contributed by atoms with Crippen LogP contribution in [0.25, 0.3) is 11.3 Å². The molecule has 10 heteroatoms. The van der Waals surface area contributed by atoms with Crippen molar-refractivity contribution in [3.63, 3.8) is 0 Å². The highest BCUT2D eigenvalue weighted by atomic mass is 32.2. The number of sulfone groups is 1. The molecule has 2 aromatic heterocycles. The van der Waals surface area contributed by atoms with Crippen LogP contribution in [0.3, 0.4) is 0 Å². The third-order valence-corrected chi connectivity index (χ3v) is 7.80. The van der Waals surface area contributed by atoms with E-state index in [0.717, 1.165) is 36.0 Å². The van der Waals surface area contributed by atoms with Gasteiger partial charge in [0.1, 0.15) is 35.2 Å². The molecule has 1 aliphatic heterocycles. The van der Waals surface area contributed by atoms with Gasteiger partial charge >= 0.3 is 0 Å². The molecule has 0 unspecified atom stereocenters. The zero-order valence-electron chi connectivity index (χ0n) is 19.0. The summed E-state index contributed by atoms with van der Waals surface area (Å²) in [5.74, 6) is -3.08. The Bertz CT molecular complexity index is 1640. The lowest BCUT2D eigenvalue weighted by molar-refractivity contribution is 0.550. The van der Waals surface area contributed by atoms with Gasteiger partial charge in [-0.05, 0) is 48.9 Å². The number of pyridine rings is 1. The van der Waals surface area contributed by atoms with E-state index in [2.05, 4.69) is 19.9 Å². The van der Waals surface area contributed by atoms with Crippen LogP contribution in [-0.4, -0.2) is 29.6 Å². The SMILES string of the molecule is Cc1cc(F)ccc1S(=O)(=O)Cc1ccc(F)c(Cc2ncccc2-c2ncnc3c2N=CC3)c1F. The Balaban J connectivity index is 1.52. The molecule has 5 rings (SSSR count). The number of hydrogen-bond acceptors (Lipinski definition) is 6. The standard InChI is InChI=1S/C26H19F3N4O2S/c1-15-11-17(27)5-7-23(15)36(34,35)13-16-4-6-20(28)19(24(16)29)12-22-18(3-2-9-30-22)25-26-21(8-10-31-26)32-14-33-25/h2-7,9-11,14H,8,12-13H2,1H3. The summed E-state index contributed by atoms with van der Waals surface area (Å²) in [6, 6.07) is 8.84. The van der Waals surface area contributed by atoms with E-state index in [1.54, 1.807) is 18.3 Å². The van der Waals surface area contributed by atoms with Gasteiger partial charge in [0, 0.05) is 41.9 Å². The second-order valence-electron chi connectivity index (χ2n) is 8.38. The molecule has 3 heterocycles. The van der Waals surface area contributed by atoms with E-state index in [-0.39, 0.29) is 28.0 Å². The van der Waals surface area contributed by atoms with Crippen molar-refractivity contribution in [2.75, 3.05) is 0 Å². The lowest BCUT2D eigenvalue weighted by atomic mass is 9.99. The van der Waals surface area contributed by atoms with Crippen LogP contribution < -0.4 is 0 Å². The van der Waals surface area contributed by atoms with Gasteiger partial charge in [0.05, 0.1) is 22.0 Å². The van der Waals surface area contributed by atoms with Gasteiger partial charge in [-0.1, -0.05) is 6.07 Å². The number of aryl methyl sites for hydroxylation is 1. The van der Waals surface area contributed by atoms with Crippen molar-refractivity contribution >= 4 is 21.7 Å². The summed E-state index contributed by atoms with van der Waals surface area (Å²) in [6.45, 7) is 1.46. The topological polar surface area (TPSA) is 85.2 Å². The maximum atomic E-state index is 15.5. The molecule has 0 atom stereocenters. The first kappa shape index (κ1) is 23.8. The molecule has 0 fully saturated rings.